The van der Waals surface area contributed by atoms with E-state index in [0.29, 0.717) is 19.3 Å². The largest absolute Gasteiger partial charge is 0.394 e. The molecular formula is C44H81NO10. The van der Waals surface area contributed by atoms with Crippen molar-refractivity contribution in [1.29, 1.82) is 0 Å². The Morgan fingerprint density at radius 1 is 0.618 bits per heavy atom. The highest BCUT2D eigenvalue weighted by Gasteiger charge is 2.44. The van der Waals surface area contributed by atoms with Crippen molar-refractivity contribution in [2.75, 3.05) is 13.2 Å². The highest BCUT2D eigenvalue weighted by molar-refractivity contribution is 5.80. The topological polar surface area (TPSA) is 189 Å². The molecule has 1 aliphatic heterocycles. The van der Waals surface area contributed by atoms with Gasteiger partial charge >= 0.3 is 0 Å². The lowest BCUT2D eigenvalue weighted by molar-refractivity contribution is -0.303. The van der Waals surface area contributed by atoms with E-state index in [9.17, 15) is 40.5 Å². The van der Waals surface area contributed by atoms with Crippen molar-refractivity contribution in [2.45, 2.75) is 223 Å². The summed E-state index contributed by atoms with van der Waals surface area (Å²) < 4.78 is 11.0. The fraction of sp³-hybridized carbons (Fsp3) is 0.841. The summed E-state index contributed by atoms with van der Waals surface area (Å²) in [5.41, 5.74) is 0. The van der Waals surface area contributed by atoms with Gasteiger partial charge in [-0.3, -0.25) is 4.79 Å². The second kappa shape index (κ2) is 34.4. The molecule has 1 aliphatic rings. The van der Waals surface area contributed by atoms with Crippen LogP contribution in [0.15, 0.2) is 36.5 Å². The van der Waals surface area contributed by atoms with Crippen LogP contribution >= 0.6 is 0 Å². The highest BCUT2D eigenvalue weighted by Crippen LogP contribution is 2.23. The molecule has 0 saturated carbocycles. The van der Waals surface area contributed by atoms with Crippen LogP contribution in [0, 0.1) is 0 Å². The van der Waals surface area contributed by atoms with E-state index in [1.54, 1.807) is 0 Å². The van der Waals surface area contributed by atoms with E-state index in [2.05, 4.69) is 43.5 Å². The van der Waals surface area contributed by atoms with Gasteiger partial charge in [0.05, 0.1) is 25.4 Å². The Hall–Kier alpha value is -1.67. The molecule has 0 aromatic heterocycles. The molecule has 0 aromatic rings. The number of ether oxygens (including phenoxy) is 2. The molecule has 1 amide bonds. The Kier molecular flexibility index (Phi) is 32.1. The van der Waals surface area contributed by atoms with Crippen LogP contribution in [0.4, 0.5) is 0 Å². The van der Waals surface area contributed by atoms with Crippen molar-refractivity contribution in [3.63, 3.8) is 0 Å². The average Bonchev–Trinajstić information content (AvgIpc) is 3.18. The Labute approximate surface area is 333 Å². The van der Waals surface area contributed by atoms with Crippen molar-refractivity contribution in [3.05, 3.63) is 36.5 Å². The lowest BCUT2D eigenvalue weighted by Crippen LogP contribution is -2.60. The van der Waals surface area contributed by atoms with E-state index in [-0.39, 0.29) is 12.8 Å². The number of rotatable bonds is 35. The van der Waals surface area contributed by atoms with Gasteiger partial charge in [-0.05, 0) is 70.6 Å². The first kappa shape index (κ1) is 51.3. The number of hydrogen-bond donors (Lipinski definition) is 8. The third-order valence-electron chi connectivity index (χ3n) is 10.4. The molecule has 11 heteroatoms. The number of carbonyl (C=O) groups excluding carboxylic acids is 1. The monoisotopic (exact) mass is 784 g/mol. The molecule has 9 unspecified atom stereocenters. The zero-order valence-corrected chi connectivity index (χ0v) is 34.4. The van der Waals surface area contributed by atoms with Crippen molar-refractivity contribution >= 4 is 5.91 Å². The van der Waals surface area contributed by atoms with E-state index >= 15 is 0 Å². The van der Waals surface area contributed by atoms with E-state index in [1.807, 2.05) is 12.2 Å². The molecule has 0 spiro atoms. The van der Waals surface area contributed by atoms with E-state index in [0.717, 1.165) is 32.1 Å². The number of aliphatic hydroxyl groups is 7. The van der Waals surface area contributed by atoms with Crippen LogP contribution in [0.1, 0.15) is 168 Å². The summed E-state index contributed by atoms with van der Waals surface area (Å²) >= 11 is 0. The van der Waals surface area contributed by atoms with Gasteiger partial charge < -0.3 is 50.5 Å². The zero-order valence-electron chi connectivity index (χ0n) is 34.4. The van der Waals surface area contributed by atoms with Gasteiger partial charge in [0.25, 0.3) is 0 Å². The molecule has 1 saturated heterocycles. The molecule has 0 aromatic carbocycles. The fourth-order valence-corrected chi connectivity index (χ4v) is 6.69. The summed E-state index contributed by atoms with van der Waals surface area (Å²) in [6, 6.07) is -1.20. The number of amides is 1. The SMILES string of the molecule is CCCCCC/C=C\CCC(O)C(=O)NC(COC1OC(CO)C(O)C(O)C1O)C(O)C(O)CCC/C=C/CC/C=C/CCCCCCCCCCCCC. The van der Waals surface area contributed by atoms with Gasteiger partial charge in [-0.25, -0.2) is 0 Å². The Morgan fingerprint density at radius 3 is 1.64 bits per heavy atom. The molecule has 11 nitrogen and oxygen atoms in total. The second-order valence-electron chi connectivity index (χ2n) is 15.4. The Balaban J connectivity index is 2.48. The molecule has 0 radical (unpaired) electrons. The second-order valence-corrected chi connectivity index (χ2v) is 15.4. The van der Waals surface area contributed by atoms with Crippen molar-refractivity contribution < 1.29 is 50.0 Å². The minimum Gasteiger partial charge on any atom is -0.394 e. The molecule has 1 heterocycles. The first-order valence-corrected chi connectivity index (χ1v) is 21.9. The summed E-state index contributed by atoms with van der Waals surface area (Å²) in [5, 5.41) is 75.2. The van der Waals surface area contributed by atoms with Gasteiger partial charge in [0.1, 0.15) is 36.6 Å². The first-order valence-electron chi connectivity index (χ1n) is 21.9. The zero-order chi connectivity index (χ0) is 40.5. The van der Waals surface area contributed by atoms with Gasteiger partial charge in [0.15, 0.2) is 6.29 Å². The van der Waals surface area contributed by atoms with Crippen LogP contribution in [0.25, 0.3) is 0 Å². The lowest BCUT2D eigenvalue weighted by atomic mass is 9.99. The fourth-order valence-electron chi connectivity index (χ4n) is 6.69. The average molecular weight is 784 g/mol. The third-order valence-corrected chi connectivity index (χ3v) is 10.4. The minimum atomic E-state index is -1.67. The van der Waals surface area contributed by atoms with Crippen LogP contribution in [-0.4, -0.2) is 110 Å². The smallest absolute Gasteiger partial charge is 0.249 e. The first-order chi connectivity index (χ1) is 26.7. The molecule has 0 aliphatic carbocycles. The van der Waals surface area contributed by atoms with Crippen molar-refractivity contribution in [1.82, 2.24) is 5.32 Å². The predicted octanol–water partition coefficient (Wildman–Crippen LogP) is 6.44. The van der Waals surface area contributed by atoms with Gasteiger partial charge in [0.2, 0.25) is 5.91 Å². The number of aliphatic hydroxyl groups excluding tert-OH is 7. The van der Waals surface area contributed by atoms with E-state index in [4.69, 9.17) is 9.47 Å². The molecule has 55 heavy (non-hydrogen) atoms. The van der Waals surface area contributed by atoms with Crippen molar-refractivity contribution in [3.8, 4) is 0 Å². The summed E-state index contributed by atoms with van der Waals surface area (Å²) in [7, 11) is 0. The van der Waals surface area contributed by atoms with Crippen molar-refractivity contribution in [2.24, 2.45) is 0 Å². The minimum absolute atomic E-state index is 0.164. The Bertz CT molecular complexity index is 992. The normalized spacial score (nSPS) is 22.8. The third kappa shape index (κ3) is 24.7. The standard InChI is InChI=1S/C44H81NO10/c1-3-5-7-9-11-13-14-15-16-17-18-19-20-21-22-23-24-26-27-29-31-36(47)39(49)35(34-54-44-42(52)41(51)40(50)38(33-46)55-44)45-43(53)37(48)32-30-28-25-12-10-8-6-4-2/h20-21,24-26,28,35-42,44,46-52H,3-19,22-23,27,29-34H2,1-2H3,(H,45,53)/b21-20+,26-24+,28-25-. The van der Waals surface area contributed by atoms with E-state index in [1.165, 1.54) is 89.9 Å². The number of unbranched alkanes of at least 4 members (excludes halogenated alkanes) is 17. The highest BCUT2D eigenvalue weighted by atomic mass is 16.7. The number of carbonyl (C=O) groups is 1. The number of hydrogen-bond acceptors (Lipinski definition) is 10. The van der Waals surface area contributed by atoms with Gasteiger partial charge in [-0.1, -0.05) is 134 Å². The molecule has 322 valence electrons. The van der Waals surface area contributed by atoms with Gasteiger partial charge in [0, 0.05) is 0 Å². The molecule has 8 N–H and O–H groups in total. The van der Waals surface area contributed by atoms with Gasteiger partial charge in [-0.15, -0.1) is 0 Å². The maximum absolute atomic E-state index is 12.9. The van der Waals surface area contributed by atoms with Crippen LogP contribution < -0.4 is 5.32 Å². The van der Waals surface area contributed by atoms with Crippen LogP contribution in [-0.2, 0) is 14.3 Å². The summed E-state index contributed by atoms with van der Waals surface area (Å²) in [5.74, 6) is -0.749. The number of allylic oxidation sites excluding steroid dienone is 6. The quantitative estimate of drug-likeness (QED) is 0.0262. The Morgan fingerprint density at radius 2 is 1.09 bits per heavy atom. The summed E-state index contributed by atoms with van der Waals surface area (Å²) in [6.07, 6.45) is 26.7. The number of nitrogens with one attached hydrogen (secondary N) is 1. The van der Waals surface area contributed by atoms with Crippen LogP contribution in [0.5, 0.6) is 0 Å². The van der Waals surface area contributed by atoms with Crippen LogP contribution in [0.2, 0.25) is 0 Å². The summed E-state index contributed by atoms with van der Waals surface area (Å²) in [4.78, 5) is 12.9. The lowest BCUT2D eigenvalue weighted by Gasteiger charge is -2.40. The molecular weight excluding hydrogens is 702 g/mol. The maximum Gasteiger partial charge on any atom is 0.249 e. The predicted molar refractivity (Wildman–Crippen MR) is 219 cm³/mol. The molecule has 0 bridgehead atoms. The molecule has 1 rings (SSSR count). The van der Waals surface area contributed by atoms with Crippen LogP contribution in [0.3, 0.4) is 0 Å². The molecule has 9 atom stereocenters. The molecule has 1 fully saturated rings. The van der Waals surface area contributed by atoms with Gasteiger partial charge in [-0.2, -0.15) is 0 Å². The van der Waals surface area contributed by atoms with E-state index < -0.39 is 74.2 Å². The maximum atomic E-state index is 12.9. The summed E-state index contributed by atoms with van der Waals surface area (Å²) in [6.45, 7) is 3.32.